The number of hydrogen-bond acceptors (Lipinski definition) is 3. The summed E-state index contributed by atoms with van der Waals surface area (Å²) in [6.45, 7) is 9.93. The molecule has 102 valence electrons. The molecule has 0 amide bonds. The van der Waals surface area contributed by atoms with Gasteiger partial charge in [0, 0.05) is 25.0 Å². The molecule has 0 bridgehead atoms. The SMILES string of the molecule is CCCNC(CSCC(C)C)C1CCOCC1. The van der Waals surface area contributed by atoms with Gasteiger partial charge in [-0.15, -0.1) is 0 Å². The molecule has 0 aliphatic carbocycles. The molecule has 0 spiro atoms. The fourth-order valence-electron chi connectivity index (χ4n) is 2.24. The van der Waals surface area contributed by atoms with Crippen molar-refractivity contribution < 1.29 is 4.74 Å². The van der Waals surface area contributed by atoms with Crippen LogP contribution < -0.4 is 5.32 Å². The van der Waals surface area contributed by atoms with E-state index in [0.29, 0.717) is 6.04 Å². The van der Waals surface area contributed by atoms with Crippen molar-refractivity contribution in [2.45, 2.75) is 46.1 Å². The first-order chi connectivity index (χ1) is 8.24. The average Bonchev–Trinajstić information content (AvgIpc) is 2.34. The zero-order chi connectivity index (χ0) is 12.5. The van der Waals surface area contributed by atoms with E-state index in [9.17, 15) is 0 Å². The maximum Gasteiger partial charge on any atom is 0.0469 e. The Kier molecular flexibility index (Phi) is 8.33. The smallest absolute Gasteiger partial charge is 0.0469 e. The summed E-state index contributed by atoms with van der Waals surface area (Å²) in [4.78, 5) is 0. The zero-order valence-electron chi connectivity index (χ0n) is 11.7. The van der Waals surface area contributed by atoms with E-state index in [1.165, 1.54) is 30.8 Å². The number of rotatable bonds is 8. The minimum atomic E-state index is 0.697. The largest absolute Gasteiger partial charge is 0.381 e. The topological polar surface area (TPSA) is 21.3 Å². The molecule has 1 atom stereocenters. The lowest BCUT2D eigenvalue weighted by atomic mass is 9.93. The van der Waals surface area contributed by atoms with Gasteiger partial charge < -0.3 is 10.1 Å². The van der Waals surface area contributed by atoms with Crippen molar-refractivity contribution in [1.29, 1.82) is 0 Å². The van der Waals surface area contributed by atoms with Gasteiger partial charge in [0.15, 0.2) is 0 Å². The third-order valence-corrected chi connectivity index (χ3v) is 4.74. The van der Waals surface area contributed by atoms with E-state index in [2.05, 4.69) is 37.8 Å². The number of hydrogen-bond donors (Lipinski definition) is 1. The summed E-state index contributed by atoms with van der Waals surface area (Å²) >= 11 is 2.11. The Morgan fingerprint density at radius 2 is 1.94 bits per heavy atom. The van der Waals surface area contributed by atoms with Crippen LogP contribution in [0.15, 0.2) is 0 Å². The minimum absolute atomic E-state index is 0.697. The highest BCUT2D eigenvalue weighted by Gasteiger charge is 2.23. The number of nitrogens with one attached hydrogen (secondary N) is 1. The number of ether oxygens (including phenoxy) is 1. The highest BCUT2D eigenvalue weighted by molar-refractivity contribution is 7.99. The summed E-state index contributed by atoms with van der Waals surface area (Å²) in [7, 11) is 0. The maximum absolute atomic E-state index is 5.46. The van der Waals surface area contributed by atoms with Crippen molar-refractivity contribution in [2.75, 3.05) is 31.3 Å². The summed E-state index contributed by atoms with van der Waals surface area (Å²) in [6.07, 6.45) is 3.71. The molecule has 1 fully saturated rings. The molecule has 0 aromatic heterocycles. The van der Waals surface area contributed by atoms with Gasteiger partial charge >= 0.3 is 0 Å². The van der Waals surface area contributed by atoms with Gasteiger partial charge in [-0.2, -0.15) is 11.8 Å². The lowest BCUT2D eigenvalue weighted by Gasteiger charge is -2.31. The highest BCUT2D eigenvalue weighted by Crippen LogP contribution is 2.22. The maximum atomic E-state index is 5.46. The van der Waals surface area contributed by atoms with Crippen LogP contribution in [0.3, 0.4) is 0 Å². The standard InChI is InChI=1S/C14H29NOS/c1-4-7-15-14(11-17-10-12(2)3)13-5-8-16-9-6-13/h12-15H,4-11H2,1-3H3. The van der Waals surface area contributed by atoms with E-state index >= 15 is 0 Å². The van der Waals surface area contributed by atoms with E-state index in [-0.39, 0.29) is 0 Å². The third-order valence-electron chi connectivity index (χ3n) is 3.24. The van der Waals surface area contributed by atoms with E-state index < -0.39 is 0 Å². The Morgan fingerprint density at radius 1 is 1.24 bits per heavy atom. The molecule has 1 unspecified atom stereocenters. The van der Waals surface area contributed by atoms with Crippen LogP contribution in [-0.4, -0.2) is 37.3 Å². The fraction of sp³-hybridized carbons (Fsp3) is 1.00. The zero-order valence-corrected chi connectivity index (χ0v) is 12.5. The van der Waals surface area contributed by atoms with Crippen LogP contribution in [0.5, 0.6) is 0 Å². The quantitative estimate of drug-likeness (QED) is 0.723. The first kappa shape index (κ1) is 15.3. The van der Waals surface area contributed by atoms with Gasteiger partial charge in [0.1, 0.15) is 0 Å². The predicted octanol–water partition coefficient (Wildman–Crippen LogP) is 3.17. The molecule has 1 saturated heterocycles. The second kappa shape index (κ2) is 9.23. The first-order valence-electron chi connectivity index (χ1n) is 7.13. The summed E-state index contributed by atoms with van der Waals surface area (Å²) in [5.41, 5.74) is 0. The van der Waals surface area contributed by atoms with Gasteiger partial charge in [-0.05, 0) is 43.4 Å². The summed E-state index contributed by atoms with van der Waals surface area (Å²) in [6, 6.07) is 0.697. The minimum Gasteiger partial charge on any atom is -0.381 e. The van der Waals surface area contributed by atoms with Crippen molar-refractivity contribution in [3.63, 3.8) is 0 Å². The summed E-state index contributed by atoms with van der Waals surface area (Å²) in [5, 5.41) is 3.74. The molecule has 1 N–H and O–H groups in total. The van der Waals surface area contributed by atoms with Crippen molar-refractivity contribution >= 4 is 11.8 Å². The predicted molar refractivity (Wildman–Crippen MR) is 77.8 cm³/mol. The van der Waals surface area contributed by atoms with Crippen LogP contribution in [-0.2, 0) is 4.74 Å². The second-order valence-corrected chi connectivity index (χ2v) is 6.52. The molecular formula is C14H29NOS. The molecule has 0 aromatic rings. The van der Waals surface area contributed by atoms with Gasteiger partial charge in [-0.25, -0.2) is 0 Å². The monoisotopic (exact) mass is 259 g/mol. The molecule has 0 radical (unpaired) electrons. The molecule has 1 aliphatic heterocycles. The summed E-state index contributed by atoms with van der Waals surface area (Å²) in [5.74, 6) is 4.19. The van der Waals surface area contributed by atoms with E-state index in [0.717, 1.165) is 31.6 Å². The van der Waals surface area contributed by atoms with Gasteiger partial charge in [-0.1, -0.05) is 20.8 Å². The molecule has 3 heteroatoms. The lowest BCUT2D eigenvalue weighted by molar-refractivity contribution is 0.0566. The van der Waals surface area contributed by atoms with Crippen LogP contribution in [0.1, 0.15) is 40.0 Å². The molecule has 2 nitrogen and oxygen atoms in total. The van der Waals surface area contributed by atoms with Crippen LogP contribution in [0.4, 0.5) is 0 Å². The lowest BCUT2D eigenvalue weighted by Crippen LogP contribution is -2.41. The summed E-state index contributed by atoms with van der Waals surface area (Å²) < 4.78 is 5.46. The Balaban J connectivity index is 2.30. The molecule has 1 heterocycles. The van der Waals surface area contributed by atoms with E-state index in [4.69, 9.17) is 4.74 Å². The first-order valence-corrected chi connectivity index (χ1v) is 8.28. The van der Waals surface area contributed by atoms with Gasteiger partial charge in [0.25, 0.3) is 0 Å². The van der Waals surface area contributed by atoms with Crippen LogP contribution >= 0.6 is 11.8 Å². The average molecular weight is 259 g/mol. The molecule has 17 heavy (non-hydrogen) atoms. The van der Waals surface area contributed by atoms with Crippen LogP contribution in [0, 0.1) is 11.8 Å². The van der Waals surface area contributed by atoms with Crippen LogP contribution in [0.25, 0.3) is 0 Å². The number of thioether (sulfide) groups is 1. The van der Waals surface area contributed by atoms with Crippen molar-refractivity contribution in [2.24, 2.45) is 11.8 Å². The molecular weight excluding hydrogens is 230 g/mol. The van der Waals surface area contributed by atoms with E-state index in [1.54, 1.807) is 0 Å². The molecule has 0 aromatic carbocycles. The van der Waals surface area contributed by atoms with Crippen LogP contribution in [0.2, 0.25) is 0 Å². The second-order valence-electron chi connectivity index (χ2n) is 5.44. The highest BCUT2D eigenvalue weighted by atomic mass is 32.2. The van der Waals surface area contributed by atoms with Gasteiger partial charge in [0.2, 0.25) is 0 Å². The molecule has 1 rings (SSSR count). The van der Waals surface area contributed by atoms with Gasteiger partial charge in [0.05, 0.1) is 0 Å². The Morgan fingerprint density at radius 3 is 2.53 bits per heavy atom. The molecule has 1 aliphatic rings. The van der Waals surface area contributed by atoms with Crippen molar-refractivity contribution in [3.8, 4) is 0 Å². The van der Waals surface area contributed by atoms with E-state index in [1.807, 2.05) is 0 Å². The van der Waals surface area contributed by atoms with Gasteiger partial charge in [-0.3, -0.25) is 0 Å². The third kappa shape index (κ3) is 6.68. The normalized spacial score (nSPS) is 19.8. The fourth-order valence-corrected chi connectivity index (χ4v) is 3.49. The van der Waals surface area contributed by atoms with Crippen molar-refractivity contribution in [1.82, 2.24) is 5.32 Å². The van der Waals surface area contributed by atoms with Crippen molar-refractivity contribution in [3.05, 3.63) is 0 Å². The Labute approximate surface area is 111 Å². The Bertz CT molecular complexity index is 181. The molecule has 0 saturated carbocycles. The Hall–Kier alpha value is 0.270.